The summed E-state index contributed by atoms with van der Waals surface area (Å²) in [7, 11) is 0. The molecule has 0 fully saturated rings. The highest BCUT2D eigenvalue weighted by Gasteiger charge is 2.22. The molecule has 1 N–H and O–H groups in total. The summed E-state index contributed by atoms with van der Waals surface area (Å²) in [4.78, 5) is 29.9. The van der Waals surface area contributed by atoms with E-state index in [0.717, 1.165) is 5.56 Å². The zero-order valence-corrected chi connectivity index (χ0v) is 16.3. The van der Waals surface area contributed by atoms with E-state index in [-0.39, 0.29) is 12.1 Å². The van der Waals surface area contributed by atoms with Crippen molar-refractivity contribution in [2.24, 2.45) is 0 Å². The predicted molar refractivity (Wildman–Crippen MR) is 111 cm³/mol. The molecule has 0 saturated heterocycles. The summed E-state index contributed by atoms with van der Waals surface area (Å²) >= 11 is 0. The number of benzene rings is 2. The van der Waals surface area contributed by atoms with Crippen LogP contribution >= 0.6 is 0 Å². The Morgan fingerprint density at radius 1 is 1.14 bits per heavy atom. The fourth-order valence-corrected chi connectivity index (χ4v) is 3.01. The fourth-order valence-electron chi connectivity index (χ4n) is 3.01. The number of aromatic nitrogens is 1. The molecule has 0 bridgehead atoms. The minimum atomic E-state index is -0.451. The maximum Gasteiger partial charge on any atom is 0.264 e. The van der Waals surface area contributed by atoms with Crippen LogP contribution in [-0.4, -0.2) is 17.5 Å². The van der Waals surface area contributed by atoms with E-state index in [1.54, 1.807) is 37.3 Å². The third-order valence-electron chi connectivity index (χ3n) is 4.42. The molecule has 1 amide bonds. The van der Waals surface area contributed by atoms with Crippen LogP contribution in [-0.2, 0) is 6.54 Å². The number of aryl methyl sites for hydroxylation is 1. The summed E-state index contributed by atoms with van der Waals surface area (Å²) in [6.45, 7) is 4.33. The van der Waals surface area contributed by atoms with Gasteiger partial charge in [0.2, 0.25) is 0 Å². The number of rotatable bonds is 6. The van der Waals surface area contributed by atoms with Gasteiger partial charge < -0.3 is 14.6 Å². The summed E-state index contributed by atoms with van der Waals surface area (Å²) < 4.78 is 5.69. The SMILES string of the molecule is CCOc1ccccc1CN(C(=O)c1ccc(C)[nH]c1=O)c1cccc(C#N)c1. The molecule has 6 nitrogen and oxygen atoms in total. The first-order valence-electron chi connectivity index (χ1n) is 9.26. The van der Waals surface area contributed by atoms with Crippen LogP contribution in [0.3, 0.4) is 0 Å². The molecule has 1 aromatic heterocycles. The van der Waals surface area contributed by atoms with Crippen LogP contribution in [0.15, 0.2) is 65.5 Å². The Bertz CT molecular complexity index is 1130. The molecule has 0 aliphatic carbocycles. The van der Waals surface area contributed by atoms with Gasteiger partial charge in [-0.05, 0) is 50.2 Å². The monoisotopic (exact) mass is 387 g/mol. The van der Waals surface area contributed by atoms with Crippen LogP contribution < -0.4 is 15.2 Å². The molecule has 29 heavy (non-hydrogen) atoms. The predicted octanol–water partition coefficient (Wildman–Crippen LogP) is 3.80. The molecule has 0 spiro atoms. The number of anilines is 1. The van der Waals surface area contributed by atoms with E-state index in [1.807, 2.05) is 31.2 Å². The number of nitriles is 1. The lowest BCUT2D eigenvalue weighted by atomic mass is 10.1. The van der Waals surface area contributed by atoms with E-state index >= 15 is 0 Å². The number of pyridine rings is 1. The van der Waals surface area contributed by atoms with Crippen molar-refractivity contribution in [2.75, 3.05) is 11.5 Å². The van der Waals surface area contributed by atoms with Crippen LogP contribution in [0.25, 0.3) is 0 Å². The van der Waals surface area contributed by atoms with Crippen molar-refractivity contribution in [3.63, 3.8) is 0 Å². The molecule has 0 saturated carbocycles. The van der Waals surface area contributed by atoms with Crippen molar-refractivity contribution < 1.29 is 9.53 Å². The Balaban J connectivity index is 2.08. The third kappa shape index (κ3) is 4.53. The average Bonchev–Trinajstić information content (AvgIpc) is 2.73. The second-order valence-electron chi connectivity index (χ2n) is 6.48. The Morgan fingerprint density at radius 3 is 2.66 bits per heavy atom. The third-order valence-corrected chi connectivity index (χ3v) is 4.42. The number of para-hydroxylation sites is 1. The quantitative estimate of drug-likeness (QED) is 0.697. The lowest BCUT2D eigenvalue weighted by Gasteiger charge is -2.24. The van der Waals surface area contributed by atoms with Gasteiger partial charge in [-0.3, -0.25) is 9.59 Å². The maximum absolute atomic E-state index is 13.3. The fraction of sp³-hybridized carbons (Fsp3) is 0.174. The number of aromatic amines is 1. The molecule has 6 heteroatoms. The highest BCUT2D eigenvalue weighted by Crippen LogP contribution is 2.25. The van der Waals surface area contributed by atoms with Crippen molar-refractivity contribution in [3.8, 4) is 11.8 Å². The van der Waals surface area contributed by atoms with Gasteiger partial charge in [0.1, 0.15) is 11.3 Å². The maximum atomic E-state index is 13.3. The van der Waals surface area contributed by atoms with Crippen molar-refractivity contribution in [3.05, 3.63) is 93.4 Å². The molecule has 0 radical (unpaired) electrons. The highest BCUT2D eigenvalue weighted by molar-refractivity contribution is 6.05. The minimum Gasteiger partial charge on any atom is -0.494 e. The number of H-pyrrole nitrogens is 1. The standard InChI is InChI=1S/C23H21N3O3/c1-3-29-21-10-5-4-8-18(21)15-26(19-9-6-7-17(13-19)14-24)23(28)20-12-11-16(2)25-22(20)27/h4-13H,3,15H2,1-2H3,(H,25,27). The molecule has 0 aliphatic heterocycles. The average molecular weight is 387 g/mol. The van der Waals surface area contributed by atoms with Gasteiger partial charge in [0.15, 0.2) is 0 Å². The van der Waals surface area contributed by atoms with Gasteiger partial charge in [-0.1, -0.05) is 24.3 Å². The zero-order chi connectivity index (χ0) is 20.8. The van der Waals surface area contributed by atoms with Crippen LogP contribution in [0.1, 0.15) is 34.1 Å². The van der Waals surface area contributed by atoms with Gasteiger partial charge in [0.05, 0.1) is 24.8 Å². The number of hydrogen-bond donors (Lipinski definition) is 1. The van der Waals surface area contributed by atoms with Gasteiger partial charge in [-0.2, -0.15) is 5.26 Å². The Kier molecular flexibility index (Phi) is 6.10. The zero-order valence-electron chi connectivity index (χ0n) is 16.3. The molecule has 1 heterocycles. The molecule has 0 unspecified atom stereocenters. The number of hydrogen-bond acceptors (Lipinski definition) is 4. The van der Waals surface area contributed by atoms with Gasteiger partial charge in [0.25, 0.3) is 11.5 Å². The molecule has 2 aromatic carbocycles. The lowest BCUT2D eigenvalue weighted by molar-refractivity contribution is 0.0983. The number of ether oxygens (including phenoxy) is 1. The van der Waals surface area contributed by atoms with Gasteiger partial charge >= 0.3 is 0 Å². The lowest BCUT2D eigenvalue weighted by Crippen LogP contribution is -2.34. The Labute approximate surface area is 169 Å². The first-order chi connectivity index (χ1) is 14.0. The molecule has 3 rings (SSSR count). The molecule has 0 atom stereocenters. The summed E-state index contributed by atoms with van der Waals surface area (Å²) in [5.74, 6) is 0.217. The summed E-state index contributed by atoms with van der Waals surface area (Å²) in [5.41, 5.74) is 2.01. The van der Waals surface area contributed by atoms with Gasteiger partial charge in [-0.25, -0.2) is 0 Å². The van der Waals surface area contributed by atoms with Gasteiger partial charge in [0, 0.05) is 16.9 Å². The summed E-state index contributed by atoms with van der Waals surface area (Å²) in [6, 6.07) is 19.5. The van der Waals surface area contributed by atoms with E-state index < -0.39 is 11.5 Å². The Hall–Kier alpha value is -3.85. The number of amides is 1. The smallest absolute Gasteiger partial charge is 0.264 e. The van der Waals surface area contributed by atoms with Crippen molar-refractivity contribution in [2.45, 2.75) is 20.4 Å². The first-order valence-corrected chi connectivity index (χ1v) is 9.26. The number of carbonyl (C=O) groups excluding carboxylic acids is 1. The highest BCUT2D eigenvalue weighted by atomic mass is 16.5. The van der Waals surface area contributed by atoms with E-state index in [2.05, 4.69) is 11.1 Å². The van der Waals surface area contributed by atoms with Crippen LogP contribution in [0.4, 0.5) is 5.69 Å². The summed E-state index contributed by atoms with van der Waals surface area (Å²) in [6.07, 6.45) is 0. The number of nitrogens with one attached hydrogen (secondary N) is 1. The normalized spacial score (nSPS) is 10.2. The second-order valence-corrected chi connectivity index (χ2v) is 6.48. The van der Waals surface area contributed by atoms with Gasteiger partial charge in [-0.15, -0.1) is 0 Å². The molecular formula is C23H21N3O3. The minimum absolute atomic E-state index is 0.0341. The Morgan fingerprint density at radius 2 is 1.93 bits per heavy atom. The topological polar surface area (TPSA) is 86.2 Å². The molecular weight excluding hydrogens is 366 g/mol. The van der Waals surface area contributed by atoms with E-state index in [0.29, 0.717) is 29.3 Å². The molecule has 3 aromatic rings. The summed E-state index contributed by atoms with van der Waals surface area (Å²) in [5, 5.41) is 9.25. The van der Waals surface area contributed by atoms with Crippen molar-refractivity contribution in [1.82, 2.24) is 4.98 Å². The largest absolute Gasteiger partial charge is 0.494 e. The number of carbonyl (C=O) groups is 1. The van der Waals surface area contributed by atoms with Crippen LogP contribution in [0, 0.1) is 18.3 Å². The van der Waals surface area contributed by atoms with E-state index in [9.17, 15) is 14.9 Å². The van der Waals surface area contributed by atoms with Crippen molar-refractivity contribution >= 4 is 11.6 Å². The van der Waals surface area contributed by atoms with Crippen LogP contribution in [0.2, 0.25) is 0 Å². The van der Waals surface area contributed by atoms with Crippen LogP contribution in [0.5, 0.6) is 5.75 Å². The molecule has 0 aliphatic rings. The number of nitrogens with zero attached hydrogens (tertiary/aromatic N) is 2. The first kappa shape index (κ1) is 19.9. The van der Waals surface area contributed by atoms with Crippen molar-refractivity contribution in [1.29, 1.82) is 5.26 Å². The second kappa shape index (κ2) is 8.89. The molecule has 146 valence electrons. The van der Waals surface area contributed by atoms with E-state index in [1.165, 1.54) is 11.0 Å². The van der Waals surface area contributed by atoms with E-state index in [4.69, 9.17) is 4.74 Å².